The van der Waals surface area contributed by atoms with E-state index in [1.807, 2.05) is 12.2 Å². The smallest absolute Gasteiger partial charge is 0.233 e. The fourth-order valence-electron chi connectivity index (χ4n) is 2.46. The summed E-state index contributed by atoms with van der Waals surface area (Å²) in [6.45, 7) is 3.69. The summed E-state index contributed by atoms with van der Waals surface area (Å²) >= 11 is 0. The maximum absolute atomic E-state index is 12.1. The second-order valence-corrected chi connectivity index (χ2v) is 5.41. The van der Waals surface area contributed by atoms with E-state index >= 15 is 0 Å². The number of hydrogen-bond donors (Lipinski definition) is 0. The Morgan fingerprint density at radius 3 is 2.18 bits per heavy atom. The maximum Gasteiger partial charge on any atom is 0.233 e. The first-order valence-corrected chi connectivity index (χ1v) is 5.88. The van der Waals surface area contributed by atoms with E-state index in [1.165, 1.54) is 4.90 Å². The van der Waals surface area contributed by atoms with Crippen LogP contribution in [0.3, 0.4) is 0 Å². The minimum Gasteiger partial charge on any atom is -0.280 e. The molecule has 0 aromatic heterocycles. The van der Waals surface area contributed by atoms with E-state index in [0.29, 0.717) is 12.8 Å². The summed E-state index contributed by atoms with van der Waals surface area (Å²) in [5.41, 5.74) is -0.674. The van der Waals surface area contributed by atoms with Crippen molar-refractivity contribution < 1.29 is 9.59 Å². The number of carbonyl (C=O) groups is 2. The van der Waals surface area contributed by atoms with E-state index in [0.717, 1.165) is 0 Å². The summed E-state index contributed by atoms with van der Waals surface area (Å²) in [4.78, 5) is 25.5. The molecule has 2 unspecified atom stereocenters. The van der Waals surface area contributed by atoms with Gasteiger partial charge in [0.1, 0.15) is 0 Å². The van der Waals surface area contributed by atoms with Crippen molar-refractivity contribution in [3.8, 4) is 6.07 Å². The van der Waals surface area contributed by atoms with Gasteiger partial charge < -0.3 is 0 Å². The van der Waals surface area contributed by atoms with E-state index in [4.69, 9.17) is 5.26 Å². The largest absolute Gasteiger partial charge is 0.280 e. The predicted molar refractivity (Wildman–Crippen MR) is 61.5 cm³/mol. The maximum atomic E-state index is 12.1. The van der Waals surface area contributed by atoms with E-state index in [1.54, 1.807) is 13.8 Å². The lowest BCUT2D eigenvalue weighted by Crippen LogP contribution is -2.38. The van der Waals surface area contributed by atoms with E-state index in [9.17, 15) is 9.59 Å². The minimum atomic E-state index is -0.674. The lowest BCUT2D eigenvalue weighted by molar-refractivity contribution is -0.141. The number of nitriles is 1. The van der Waals surface area contributed by atoms with Gasteiger partial charge in [-0.25, -0.2) is 0 Å². The van der Waals surface area contributed by atoms with Gasteiger partial charge in [0.15, 0.2) is 0 Å². The molecule has 4 nitrogen and oxygen atoms in total. The number of allylic oxidation sites excluding steroid dienone is 2. The molecule has 17 heavy (non-hydrogen) atoms. The van der Waals surface area contributed by atoms with Crippen LogP contribution in [0.5, 0.6) is 0 Å². The van der Waals surface area contributed by atoms with Gasteiger partial charge in [-0.05, 0) is 26.7 Å². The SMILES string of the molecule is CC(C)(C#N)CN1C(=O)C2CC=CCC2C1=O. The zero-order chi connectivity index (χ0) is 12.6. The van der Waals surface area contributed by atoms with Crippen molar-refractivity contribution >= 4 is 11.8 Å². The van der Waals surface area contributed by atoms with Crippen molar-refractivity contribution in [2.24, 2.45) is 17.3 Å². The third kappa shape index (κ3) is 1.97. The summed E-state index contributed by atoms with van der Waals surface area (Å²) in [5, 5.41) is 8.97. The lowest BCUT2D eigenvalue weighted by Gasteiger charge is -2.22. The van der Waals surface area contributed by atoms with Crippen LogP contribution in [-0.2, 0) is 9.59 Å². The molecule has 1 aliphatic carbocycles. The molecular formula is C13H16N2O2. The molecule has 1 heterocycles. The number of likely N-dealkylation sites (tertiary alicyclic amines) is 1. The number of hydrogen-bond acceptors (Lipinski definition) is 3. The summed E-state index contributed by atoms with van der Waals surface area (Å²) in [5.74, 6) is -0.593. The summed E-state index contributed by atoms with van der Waals surface area (Å²) in [6.07, 6.45) is 5.23. The van der Waals surface area contributed by atoms with Crippen LogP contribution >= 0.6 is 0 Å². The topological polar surface area (TPSA) is 61.2 Å². The van der Waals surface area contributed by atoms with Crippen molar-refractivity contribution in [1.82, 2.24) is 4.90 Å². The molecule has 0 spiro atoms. The Morgan fingerprint density at radius 1 is 1.29 bits per heavy atom. The molecule has 0 aromatic carbocycles. The van der Waals surface area contributed by atoms with Crippen LogP contribution in [0.25, 0.3) is 0 Å². The second kappa shape index (κ2) is 3.99. The summed E-state index contributed by atoms with van der Waals surface area (Å²) in [7, 11) is 0. The molecule has 1 saturated heterocycles. The Morgan fingerprint density at radius 2 is 1.76 bits per heavy atom. The van der Waals surface area contributed by atoms with Gasteiger partial charge in [-0.15, -0.1) is 0 Å². The zero-order valence-corrected chi connectivity index (χ0v) is 10.1. The highest BCUT2D eigenvalue weighted by molar-refractivity contribution is 6.05. The first kappa shape index (κ1) is 11.8. The van der Waals surface area contributed by atoms with Gasteiger partial charge in [0, 0.05) is 6.54 Å². The molecule has 0 N–H and O–H groups in total. The fourth-order valence-corrected chi connectivity index (χ4v) is 2.46. The van der Waals surface area contributed by atoms with Gasteiger partial charge in [-0.1, -0.05) is 12.2 Å². The van der Waals surface area contributed by atoms with Crippen molar-refractivity contribution in [3.05, 3.63) is 12.2 Å². The molecule has 0 bridgehead atoms. The third-order valence-corrected chi connectivity index (χ3v) is 3.45. The summed E-state index contributed by atoms with van der Waals surface area (Å²) in [6, 6.07) is 2.13. The summed E-state index contributed by atoms with van der Waals surface area (Å²) < 4.78 is 0. The van der Waals surface area contributed by atoms with Crippen LogP contribution < -0.4 is 0 Å². The first-order chi connectivity index (χ1) is 7.96. The minimum absolute atomic E-state index is 0.104. The number of fused-ring (bicyclic) bond motifs is 1. The highest BCUT2D eigenvalue weighted by Gasteiger charge is 2.48. The normalized spacial score (nSPS) is 28.2. The zero-order valence-electron chi connectivity index (χ0n) is 10.1. The Balaban J connectivity index is 2.19. The molecule has 90 valence electrons. The number of rotatable bonds is 2. The van der Waals surface area contributed by atoms with Gasteiger partial charge in [0.05, 0.1) is 23.3 Å². The van der Waals surface area contributed by atoms with E-state index in [-0.39, 0.29) is 30.2 Å². The van der Waals surface area contributed by atoms with Crippen LogP contribution in [0.2, 0.25) is 0 Å². The molecule has 2 amide bonds. The molecule has 1 fully saturated rings. The second-order valence-electron chi connectivity index (χ2n) is 5.41. The molecule has 2 atom stereocenters. The molecule has 2 rings (SSSR count). The number of nitrogens with zero attached hydrogens (tertiary/aromatic N) is 2. The van der Waals surface area contributed by atoms with Gasteiger partial charge in [0.2, 0.25) is 11.8 Å². The number of imide groups is 1. The first-order valence-electron chi connectivity index (χ1n) is 5.88. The van der Waals surface area contributed by atoms with Crippen LogP contribution in [0.4, 0.5) is 0 Å². The van der Waals surface area contributed by atoms with Gasteiger partial charge in [0.25, 0.3) is 0 Å². The third-order valence-electron chi connectivity index (χ3n) is 3.45. The van der Waals surface area contributed by atoms with Crippen molar-refractivity contribution in [2.45, 2.75) is 26.7 Å². The van der Waals surface area contributed by atoms with Gasteiger partial charge >= 0.3 is 0 Å². The van der Waals surface area contributed by atoms with Gasteiger partial charge in [-0.2, -0.15) is 5.26 Å². The van der Waals surface area contributed by atoms with E-state index in [2.05, 4.69) is 6.07 Å². The molecule has 0 aromatic rings. The van der Waals surface area contributed by atoms with Crippen LogP contribution in [0.15, 0.2) is 12.2 Å². The van der Waals surface area contributed by atoms with Crippen molar-refractivity contribution in [3.63, 3.8) is 0 Å². The molecule has 4 heteroatoms. The van der Waals surface area contributed by atoms with Crippen LogP contribution in [0, 0.1) is 28.6 Å². The Labute approximate surface area is 101 Å². The van der Waals surface area contributed by atoms with Crippen molar-refractivity contribution in [1.29, 1.82) is 5.26 Å². The fraction of sp³-hybridized carbons (Fsp3) is 0.615. The van der Waals surface area contributed by atoms with Crippen molar-refractivity contribution in [2.75, 3.05) is 6.54 Å². The molecular weight excluding hydrogens is 216 g/mol. The van der Waals surface area contributed by atoms with Crippen LogP contribution in [-0.4, -0.2) is 23.3 Å². The Bertz CT molecular complexity index is 405. The highest BCUT2D eigenvalue weighted by atomic mass is 16.2. The quantitative estimate of drug-likeness (QED) is 0.535. The molecule has 1 aliphatic heterocycles. The molecule has 0 radical (unpaired) electrons. The number of amides is 2. The average Bonchev–Trinajstić information content (AvgIpc) is 2.55. The average molecular weight is 232 g/mol. The highest BCUT2D eigenvalue weighted by Crippen LogP contribution is 2.36. The van der Waals surface area contributed by atoms with Crippen LogP contribution in [0.1, 0.15) is 26.7 Å². The molecule has 0 saturated carbocycles. The Hall–Kier alpha value is -1.63. The van der Waals surface area contributed by atoms with E-state index < -0.39 is 5.41 Å². The molecule has 2 aliphatic rings. The Kier molecular flexibility index (Phi) is 2.78. The standard InChI is InChI=1S/C13H16N2O2/c1-13(2,7-14)8-15-11(16)9-5-3-4-6-10(9)12(15)17/h3-4,9-10H,5-6,8H2,1-2H3. The predicted octanol–water partition coefficient (Wildman–Crippen LogP) is 1.49. The van der Waals surface area contributed by atoms with Gasteiger partial charge in [-0.3, -0.25) is 14.5 Å². The number of carbonyl (C=O) groups excluding carboxylic acids is 2. The lowest BCUT2D eigenvalue weighted by atomic mass is 9.85. The monoisotopic (exact) mass is 232 g/mol.